The number of carbonyl (C=O) groups excluding carboxylic acids is 2. The maximum Gasteiger partial charge on any atom is 0.337 e. The summed E-state index contributed by atoms with van der Waals surface area (Å²) in [7, 11) is 1.33. The number of nitrogens with one attached hydrogen (secondary N) is 2. The van der Waals surface area contributed by atoms with Crippen molar-refractivity contribution in [1.82, 2.24) is 4.98 Å². The molecule has 1 aromatic carbocycles. The van der Waals surface area contributed by atoms with Gasteiger partial charge in [0.15, 0.2) is 0 Å². The average Bonchev–Trinajstić information content (AvgIpc) is 2.95. The van der Waals surface area contributed by atoms with E-state index in [4.69, 9.17) is 33.7 Å². The predicted molar refractivity (Wildman–Crippen MR) is 111 cm³/mol. The molecular formula is C19H22Cl2N4O3. The van der Waals surface area contributed by atoms with Crippen molar-refractivity contribution in [1.29, 1.82) is 0 Å². The zero-order chi connectivity index (χ0) is 20.4. The minimum absolute atomic E-state index is 0.0263. The summed E-state index contributed by atoms with van der Waals surface area (Å²) < 4.78 is 4.82. The number of hydrogen-bond donors (Lipinski definition) is 3. The van der Waals surface area contributed by atoms with Gasteiger partial charge in [-0.2, -0.15) is 0 Å². The van der Waals surface area contributed by atoms with Gasteiger partial charge in [0, 0.05) is 24.8 Å². The van der Waals surface area contributed by atoms with Gasteiger partial charge < -0.3 is 25.7 Å². The summed E-state index contributed by atoms with van der Waals surface area (Å²) in [6, 6.07) is 5.00. The van der Waals surface area contributed by atoms with Gasteiger partial charge in [0.25, 0.3) is 5.91 Å². The van der Waals surface area contributed by atoms with Crippen LogP contribution >= 0.6 is 23.2 Å². The van der Waals surface area contributed by atoms with E-state index in [1.165, 1.54) is 7.11 Å². The number of halogens is 2. The van der Waals surface area contributed by atoms with E-state index in [9.17, 15) is 9.59 Å². The van der Waals surface area contributed by atoms with Crippen LogP contribution in [0.15, 0.2) is 18.2 Å². The summed E-state index contributed by atoms with van der Waals surface area (Å²) in [5, 5.41) is 3.34. The minimum atomic E-state index is -0.449. The molecule has 1 fully saturated rings. The lowest BCUT2D eigenvalue weighted by atomic mass is 10.0. The van der Waals surface area contributed by atoms with E-state index in [-0.39, 0.29) is 16.8 Å². The van der Waals surface area contributed by atoms with Crippen molar-refractivity contribution in [2.24, 2.45) is 5.73 Å². The van der Waals surface area contributed by atoms with E-state index in [0.717, 1.165) is 19.4 Å². The first kappa shape index (κ1) is 20.5. The molecule has 0 spiro atoms. The third-order valence-corrected chi connectivity index (χ3v) is 5.69. The molecule has 1 amide bonds. The van der Waals surface area contributed by atoms with E-state index in [2.05, 4.69) is 15.2 Å². The number of ether oxygens (including phenoxy) is 1. The van der Waals surface area contributed by atoms with Crippen molar-refractivity contribution < 1.29 is 14.3 Å². The Kier molecular flexibility index (Phi) is 6.17. The van der Waals surface area contributed by atoms with Crippen LogP contribution in [0.5, 0.6) is 0 Å². The molecule has 3 rings (SSSR count). The Morgan fingerprint density at radius 2 is 2.07 bits per heavy atom. The number of nitrogens with two attached hydrogens (primary N) is 1. The molecule has 0 aliphatic carbocycles. The van der Waals surface area contributed by atoms with Crippen LogP contribution in [-0.4, -0.2) is 43.1 Å². The number of aromatic amines is 1. The number of rotatable bonds is 4. The number of esters is 1. The fourth-order valence-electron chi connectivity index (χ4n) is 3.29. The van der Waals surface area contributed by atoms with Crippen LogP contribution in [0.4, 0.5) is 11.4 Å². The fraction of sp³-hybridized carbons (Fsp3) is 0.368. The number of carbonyl (C=O) groups is 2. The third-order valence-electron chi connectivity index (χ3n) is 4.75. The normalized spacial score (nSPS) is 16.8. The Hall–Kier alpha value is -2.22. The lowest BCUT2D eigenvalue weighted by Crippen LogP contribution is -2.43. The molecule has 1 aromatic heterocycles. The predicted octanol–water partition coefficient (Wildman–Crippen LogP) is 3.60. The first-order valence-corrected chi connectivity index (χ1v) is 9.65. The van der Waals surface area contributed by atoms with Gasteiger partial charge in [-0.15, -0.1) is 0 Å². The second kappa shape index (κ2) is 8.43. The number of aromatic nitrogens is 1. The van der Waals surface area contributed by atoms with E-state index in [0.29, 0.717) is 34.2 Å². The second-order valence-electron chi connectivity index (χ2n) is 6.78. The summed E-state index contributed by atoms with van der Waals surface area (Å²) in [5.41, 5.74) is 8.55. The Bertz CT molecular complexity index is 913. The average molecular weight is 425 g/mol. The number of amides is 1. The van der Waals surface area contributed by atoms with Gasteiger partial charge in [0.05, 0.1) is 34.1 Å². The van der Waals surface area contributed by atoms with E-state index < -0.39 is 11.9 Å². The molecule has 7 nitrogen and oxygen atoms in total. The molecule has 1 saturated heterocycles. The van der Waals surface area contributed by atoms with Crippen LogP contribution in [0.1, 0.15) is 39.4 Å². The van der Waals surface area contributed by atoms with Gasteiger partial charge in [0.1, 0.15) is 5.69 Å². The van der Waals surface area contributed by atoms with Crippen LogP contribution in [0, 0.1) is 6.92 Å². The number of anilines is 2. The molecule has 150 valence electrons. The number of aryl methyl sites for hydroxylation is 1. The molecule has 0 bridgehead atoms. The topological polar surface area (TPSA) is 100 Å². The smallest absolute Gasteiger partial charge is 0.337 e. The van der Waals surface area contributed by atoms with Crippen LogP contribution in [-0.2, 0) is 4.74 Å². The van der Waals surface area contributed by atoms with Crippen molar-refractivity contribution in [2.45, 2.75) is 25.8 Å². The molecule has 0 radical (unpaired) electrons. The maximum absolute atomic E-state index is 12.8. The number of hydrogen-bond acceptors (Lipinski definition) is 5. The zero-order valence-electron chi connectivity index (χ0n) is 15.6. The second-order valence-corrected chi connectivity index (χ2v) is 7.53. The molecule has 0 unspecified atom stereocenters. The first-order chi connectivity index (χ1) is 13.3. The van der Waals surface area contributed by atoms with E-state index in [1.807, 2.05) is 0 Å². The highest BCUT2D eigenvalue weighted by Gasteiger charge is 2.24. The molecule has 2 aromatic rings. The standard InChI is InChI=1S/C19H22Cl2N4O3/c1-10-15(20)16(21)17(23-10)18(26)24-13-6-5-11(19(27)28-2)8-14(13)25-7-3-4-12(22)9-25/h5-6,8,12,23H,3-4,7,9,22H2,1-2H3,(H,24,26)/t12-/m0/s1. The molecule has 28 heavy (non-hydrogen) atoms. The molecule has 9 heteroatoms. The summed E-state index contributed by atoms with van der Waals surface area (Å²) in [5.74, 6) is -0.872. The Morgan fingerprint density at radius 1 is 1.32 bits per heavy atom. The van der Waals surface area contributed by atoms with Crippen molar-refractivity contribution in [3.63, 3.8) is 0 Å². The molecule has 2 heterocycles. The Labute approximate surface area is 173 Å². The van der Waals surface area contributed by atoms with E-state index in [1.54, 1.807) is 25.1 Å². The minimum Gasteiger partial charge on any atom is -0.465 e. The summed E-state index contributed by atoms with van der Waals surface area (Å²) in [4.78, 5) is 29.7. The lowest BCUT2D eigenvalue weighted by molar-refractivity contribution is 0.0600. The third kappa shape index (κ3) is 4.11. The van der Waals surface area contributed by atoms with Crippen LogP contribution in [0.3, 0.4) is 0 Å². The molecular weight excluding hydrogens is 403 g/mol. The van der Waals surface area contributed by atoms with Crippen molar-refractivity contribution >= 4 is 46.5 Å². The molecule has 0 saturated carbocycles. The van der Waals surface area contributed by atoms with Crippen LogP contribution in [0.25, 0.3) is 0 Å². The highest BCUT2D eigenvalue weighted by atomic mass is 35.5. The van der Waals surface area contributed by atoms with Crippen LogP contribution in [0.2, 0.25) is 10.0 Å². The van der Waals surface area contributed by atoms with Gasteiger partial charge in [-0.1, -0.05) is 23.2 Å². The zero-order valence-corrected chi connectivity index (χ0v) is 17.2. The largest absolute Gasteiger partial charge is 0.465 e. The van der Waals surface area contributed by atoms with Crippen molar-refractivity contribution in [2.75, 3.05) is 30.4 Å². The number of nitrogens with zero attached hydrogens (tertiary/aromatic N) is 1. The highest BCUT2D eigenvalue weighted by molar-refractivity contribution is 6.44. The first-order valence-electron chi connectivity index (χ1n) is 8.89. The molecule has 1 aliphatic heterocycles. The lowest BCUT2D eigenvalue weighted by Gasteiger charge is -2.34. The molecule has 4 N–H and O–H groups in total. The monoisotopic (exact) mass is 424 g/mol. The number of piperidine rings is 1. The molecule has 1 aliphatic rings. The highest BCUT2D eigenvalue weighted by Crippen LogP contribution is 2.33. The fourth-order valence-corrected chi connectivity index (χ4v) is 3.70. The quantitative estimate of drug-likeness (QED) is 0.650. The van der Waals surface area contributed by atoms with Crippen molar-refractivity contribution in [3.8, 4) is 0 Å². The summed E-state index contributed by atoms with van der Waals surface area (Å²) >= 11 is 12.2. The summed E-state index contributed by atoms with van der Waals surface area (Å²) in [6.45, 7) is 3.13. The number of methoxy groups -OCH3 is 1. The van der Waals surface area contributed by atoms with Gasteiger partial charge in [0.2, 0.25) is 0 Å². The SMILES string of the molecule is COC(=O)c1ccc(NC(=O)c2[nH]c(C)c(Cl)c2Cl)c(N2CCC[C@H](N)C2)c1. The van der Waals surface area contributed by atoms with Gasteiger partial charge in [-0.3, -0.25) is 4.79 Å². The van der Waals surface area contributed by atoms with Crippen molar-refractivity contribution in [3.05, 3.63) is 45.2 Å². The molecule has 1 atom stereocenters. The Balaban J connectivity index is 1.95. The number of H-pyrrole nitrogens is 1. The van der Waals surface area contributed by atoms with Gasteiger partial charge in [-0.05, 0) is 38.0 Å². The van der Waals surface area contributed by atoms with Crippen LogP contribution < -0.4 is 16.0 Å². The van der Waals surface area contributed by atoms with Gasteiger partial charge in [-0.25, -0.2) is 4.79 Å². The number of benzene rings is 1. The van der Waals surface area contributed by atoms with Gasteiger partial charge >= 0.3 is 5.97 Å². The maximum atomic E-state index is 12.8. The Morgan fingerprint density at radius 3 is 2.68 bits per heavy atom. The van der Waals surface area contributed by atoms with E-state index >= 15 is 0 Å². The summed E-state index contributed by atoms with van der Waals surface area (Å²) in [6.07, 6.45) is 1.86.